The molecule has 150 valence electrons. The molecule has 0 fully saturated rings. The summed E-state index contributed by atoms with van der Waals surface area (Å²) < 4.78 is 28.3. The van der Waals surface area contributed by atoms with Crippen molar-refractivity contribution in [2.75, 3.05) is 5.75 Å². The molecule has 5 nitrogen and oxygen atoms in total. The van der Waals surface area contributed by atoms with Gasteiger partial charge in [0, 0.05) is 4.88 Å². The summed E-state index contributed by atoms with van der Waals surface area (Å²) in [6.07, 6.45) is 14.5. The van der Waals surface area contributed by atoms with Crippen molar-refractivity contribution in [1.82, 2.24) is 0 Å². The van der Waals surface area contributed by atoms with Crippen LogP contribution in [0.5, 0.6) is 0 Å². The Morgan fingerprint density at radius 1 is 1.15 bits per heavy atom. The Labute approximate surface area is 167 Å². The van der Waals surface area contributed by atoms with Gasteiger partial charge >= 0.3 is 10.1 Å². The number of nitrogens with zero attached hydrogens (tertiary/aromatic N) is 2. The number of allylic oxidation sites excluding steroid dienone is 1. The Kier molecular flexibility index (Phi) is 12.5. The van der Waals surface area contributed by atoms with Gasteiger partial charge in [-0.15, -0.1) is 11.3 Å². The third kappa shape index (κ3) is 12.4. The van der Waals surface area contributed by atoms with Crippen molar-refractivity contribution in [1.29, 1.82) is 5.26 Å². The first-order chi connectivity index (χ1) is 13.1. The second-order valence-electron chi connectivity index (χ2n) is 6.46. The van der Waals surface area contributed by atoms with Crippen LogP contribution in [0.15, 0.2) is 28.7 Å². The van der Waals surface area contributed by atoms with Crippen LogP contribution in [0.1, 0.15) is 76.0 Å². The van der Waals surface area contributed by atoms with Gasteiger partial charge in [-0.3, -0.25) is 4.28 Å². The van der Waals surface area contributed by atoms with Gasteiger partial charge in [-0.1, -0.05) is 75.9 Å². The lowest BCUT2D eigenvalue weighted by atomic mass is 10.1. The van der Waals surface area contributed by atoms with Gasteiger partial charge in [-0.25, -0.2) is 0 Å². The van der Waals surface area contributed by atoms with Crippen LogP contribution in [-0.2, 0) is 14.4 Å². The van der Waals surface area contributed by atoms with Gasteiger partial charge in [0.25, 0.3) is 0 Å². The van der Waals surface area contributed by atoms with Crippen LogP contribution >= 0.6 is 11.3 Å². The SMILES string of the molecule is CCCCCCCCCCCCS(=O)(=O)O/N=C(C#N)/C=C/c1cccs1. The molecular formula is C20H30N2O3S2. The molecule has 0 aromatic carbocycles. The maximum atomic E-state index is 11.9. The van der Waals surface area contributed by atoms with Gasteiger partial charge < -0.3 is 0 Å². The highest BCUT2D eigenvalue weighted by Crippen LogP contribution is 2.12. The van der Waals surface area contributed by atoms with Crippen LogP contribution < -0.4 is 0 Å². The molecule has 0 radical (unpaired) electrons. The molecule has 1 rings (SSSR count). The summed E-state index contributed by atoms with van der Waals surface area (Å²) in [5.74, 6) is -0.0691. The van der Waals surface area contributed by atoms with E-state index in [9.17, 15) is 8.42 Å². The largest absolute Gasteiger partial charge is 0.328 e. The predicted octanol–water partition coefficient (Wildman–Crippen LogP) is 5.91. The first-order valence-corrected chi connectivity index (χ1v) is 12.1. The van der Waals surface area contributed by atoms with Crippen molar-refractivity contribution < 1.29 is 12.7 Å². The van der Waals surface area contributed by atoms with E-state index in [1.54, 1.807) is 6.08 Å². The molecule has 0 aliphatic carbocycles. The summed E-state index contributed by atoms with van der Waals surface area (Å²) in [5.41, 5.74) is -0.0740. The number of hydrogen-bond acceptors (Lipinski definition) is 6. The van der Waals surface area contributed by atoms with Crippen molar-refractivity contribution in [3.8, 4) is 6.07 Å². The van der Waals surface area contributed by atoms with E-state index in [4.69, 9.17) is 5.26 Å². The van der Waals surface area contributed by atoms with Crippen molar-refractivity contribution in [2.45, 2.75) is 71.1 Å². The van der Waals surface area contributed by atoms with Crippen molar-refractivity contribution in [3.63, 3.8) is 0 Å². The van der Waals surface area contributed by atoms with E-state index in [1.165, 1.54) is 55.9 Å². The van der Waals surface area contributed by atoms with E-state index in [0.717, 1.165) is 24.1 Å². The molecule has 0 aliphatic rings. The van der Waals surface area contributed by atoms with Gasteiger partial charge in [0.1, 0.15) is 6.07 Å². The molecule has 27 heavy (non-hydrogen) atoms. The molecule has 0 bridgehead atoms. The van der Waals surface area contributed by atoms with E-state index >= 15 is 0 Å². The third-order valence-corrected chi connectivity index (χ3v) is 5.99. The van der Waals surface area contributed by atoms with Crippen LogP contribution in [0, 0.1) is 11.3 Å². The van der Waals surface area contributed by atoms with E-state index in [0.29, 0.717) is 6.42 Å². The van der Waals surface area contributed by atoms with Crippen LogP contribution in [0.25, 0.3) is 6.08 Å². The minimum absolute atomic E-state index is 0.0691. The monoisotopic (exact) mass is 410 g/mol. The first-order valence-electron chi connectivity index (χ1n) is 9.68. The highest BCUT2D eigenvalue weighted by atomic mass is 32.2. The van der Waals surface area contributed by atoms with Crippen LogP contribution in [0.4, 0.5) is 0 Å². The van der Waals surface area contributed by atoms with Crippen molar-refractivity contribution in [3.05, 3.63) is 28.5 Å². The number of hydrogen-bond donors (Lipinski definition) is 0. The molecule has 1 heterocycles. The summed E-state index contributed by atoms with van der Waals surface area (Å²) in [4.78, 5) is 0.950. The average molecular weight is 411 g/mol. The molecule has 0 aliphatic heterocycles. The lowest BCUT2D eigenvalue weighted by Gasteiger charge is -2.03. The standard InChI is InChI=1S/C20H30N2O3S2/c1-2-3-4-5-6-7-8-9-10-11-17-27(23,24)25-22-19(18-21)14-15-20-13-12-16-26-20/h12-16H,2-11,17H2,1H3/b15-14+,22-19-. The number of nitriles is 1. The molecule has 0 atom stereocenters. The highest BCUT2D eigenvalue weighted by Gasteiger charge is 2.11. The fraction of sp³-hybridized carbons (Fsp3) is 0.600. The number of unbranched alkanes of at least 4 members (excludes halogenated alkanes) is 9. The smallest absolute Gasteiger partial charge is 0.267 e. The fourth-order valence-electron chi connectivity index (χ4n) is 2.54. The van der Waals surface area contributed by atoms with Crippen molar-refractivity contribution in [2.24, 2.45) is 5.16 Å². The lowest BCUT2D eigenvalue weighted by molar-refractivity contribution is 0.338. The zero-order valence-electron chi connectivity index (χ0n) is 16.1. The van der Waals surface area contributed by atoms with Crippen LogP contribution in [0.2, 0.25) is 0 Å². The summed E-state index contributed by atoms with van der Waals surface area (Å²) in [6.45, 7) is 2.21. The normalized spacial score (nSPS) is 12.4. The molecule has 7 heteroatoms. The first kappa shape index (κ1) is 23.4. The second kappa shape index (κ2) is 14.4. The van der Waals surface area contributed by atoms with Crippen LogP contribution in [0.3, 0.4) is 0 Å². The molecular weight excluding hydrogens is 380 g/mol. The summed E-state index contributed by atoms with van der Waals surface area (Å²) in [7, 11) is -3.74. The van der Waals surface area contributed by atoms with E-state index in [2.05, 4.69) is 16.4 Å². The average Bonchev–Trinajstić information content (AvgIpc) is 3.17. The van der Waals surface area contributed by atoms with Crippen molar-refractivity contribution >= 4 is 33.2 Å². The highest BCUT2D eigenvalue weighted by molar-refractivity contribution is 7.86. The molecule has 0 N–H and O–H groups in total. The molecule has 0 saturated heterocycles. The zero-order valence-corrected chi connectivity index (χ0v) is 17.7. The molecule has 0 saturated carbocycles. The molecule has 1 aromatic heterocycles. The Morgan fingerprint density at radius 3 is 2.33 bits per heavy atom. The topological polar surface area (TPSA) is 79.5 Å². The summed E-state index contributed by atoms with van der Waals surface area (Å²) in [5, 5.41) is 14.4. The number of rotatable bonds is 15. The molecule has 0 spiro atoms. The van der Waals surface area contributed by atoms with Gasteiger partial charge in [0.15, 0.2) is 5.71 Å². The Bertz CT molecular complexity index is 702. The molecule has 0 amide bonds. The molecule has 0 unspecified atom stereocenters. The quantitative estimate of drug-likeness (QED) is 0.204. The predicted molar refractivity (Wildman–Crippen MR) is 113 cm³/mol. The van der Waals surface area contributed by atoms with E-state index < -0.39 is 10.1 Å². The Balaban J connectivity index is 2.20. The third-order valence-electron chi connectivity index (χ3n) is 4.06. The Morgan fingerprint density at radius 2 is 1.78 bits per heavy atom. The minimum atomic E-state index is -3.74. The lowest BCUT2D eigenvalue weighted by Crippen LogP contribution is -2.08. The van der Waals surface area contributed by atoms with Gasteiger partial charge in [-0.2, -0.15) is 13.7 Å². The van der Waals surface area contributed by atoms with Gasteiger partial charge in [-0.05, 0) is 30.0 Å². The van der Waals surface area contributed by atoms with E-state index in [-0.39, 0.29) is 11.5 Å². The maximum absolute atomic E-state index is 11.9. The number of thiophene rings is 1. The summed E-state index contributed by atoms with van der Waals surface area (Å²) in [6, 6.07) is 5.60. The fourth-order valence-corrected chi connectivity index (χ4v) is 3.98. The van der Waals surface area contributed by atoms with Gasteiger partial charge in [0.2, 0.25) is 0 Å². The minimum Gasteiger partial charge on any atom is -0.267 e. The van der Waals surface area contributed by atoms with Crippen LogP contribution in [-0.4, -0.2) is 19.9 Å². The van der Waals surface area contributed by atoms with Gasteiger partial charge in [0.05, 0.1) is 5.75 Å². The second-order valence-corrected chi connectivity index (χ2v) is 9.11. The number of oxime groups is 1. The zero-order chi connectivity index (χ0) is 19.8. The molecule has 1 aromatic rings. The summed E-state index contributed by atoms with van der Waals surface area (Å²) >= 11 is 1.51. The van der Waals surface area contributed by atoms with E-state index in [1.807, 2.05) is 23.6 Å². The maximum Gasteiger partial charge on any atom is 0.328 e. The Hall–Kier alpha value is -1.65.